The Morgan fingerprint density at radius 3 is 2.75 bits per heavy atom. The highest BCUT2D eigenvalue weighted by atomic mass is 32.1. The van der Waals surface area contributed by atoms with Gasteiger partial charge in [-0.2, -0.15) is 11.3 Å². The van der Waals surface area contributed by atoms with Gasteiger partial charge in [0.2, 0.25) is 0 Å². The molecule has 0 saturated heterocycles. The van der Waals surface area contributed by atoms with Crippen molar-refractivity contribution in [3.63, 3.8) is 0 Å². The number of benzene rings is 1. The Morgan fingerprint density at radius 2 is 2.20 bits per heavy atom. The molecule has 0 radical (unpaired) electrons. The molecule has 0 unspecified atom stereocenters. The van der Waals surface area contributed by atoms with E-state index in [1.165, 1.54) is 18.2 Å². The van der Waals surface area contributed by atoms with Gasteiger partial charge in [0.25, 0.3) is 5.69 Å². The van der Waals surface area contributed by atoms with Gasteiger partial charge in [0, 0.05) is 18.7 Å². The number of nitrogens with zero attached hydrogens (tertiary/aromatic N) is 1. The zero-order chi connectivity index (χ0) is 14.7. The Kier molecular flexibility index (Phi) is 3.99. The van der Waals surface area contributed by atoms with E-state index in [2.05, 4.69) is 5.32 Å². The maximum atomic E-state index is 11.1. The van der Waals surface area contributed by atoms with E-state index in [9.17, 15) is 14.9 Å². The fraction of sp³-hybridized carbons (Fsp3) is 0.154. The number of nitro groups is 1. The fourth-order valence-corrected chi connectivity index (χ4v) is 2.59. The minimum absolute atomic E-state index is 0.0171. The normalized spacial score (nSPS) is 10.2. The molecule has 104 valence electrons. The third-order valence-corrected chi connectivity index (χ3v) is 3.79. The lowest BCUT2D eigenvalue weighted by Crippen LogP contribution is -2.07. The summed E-state index contributed by atoms with van der Waals surface area (Å²) in [5, 5.41) is 26.8. The third kappa shape index (κ3) is 2.94. The molecular weight excluding hydrogens is 280 g/mol. The van der Waals surface area contributed by atoms with Crippen LogP contribution in [-0.2, 0) is 6.54 Å². The monoisotopic (exact) mass is 292 g/mol. The maximum absolute atomic E-state index is 11.1. The van der Waals surface area contributed by atoms with Crippen LogP contribution >= 0.6 is 11.3 Å². The van der Waals surface area contributed by atoms with Crippen molar-refractivity contribution in [3.05, 3.63) is 55.8 Å². The van der Waals surface area contributed by atoms with Gasteiger partial charge in [0.05, 0.1) is 16.2 Å². The summed E-state index contributed by atoms with van der Waals surface area (Å²) in [5.41, 5.74) is 2.27. The van der Waals surface area contributed by atoms with Crippen molar-refractivity contribution < 1.29 is 14.8 Å². The number of nitro benzene ring substituents is 1. The van der Waals surface area contributed by atoms with Crippen LogP contribution in [0.15, 0.2) is 29.0 Å². The largest absolute Gasteiger partial charge is 0.478 e. The van der Waals surface area contributed by atoms with E-state index >= 15 is 0 Å². The predicted octanol–water partition coefficient (Wildman–Crippen LogP) is 3.28. The molecule has 0 aliphatic carbocycles. The summed E-state index contributed by atoms with van der Waals surface area (Å²) in [6.07, 6.45) is 0. The Labute approximate surface area is 118 Å². The Hall–Kier alpha value is -2.41. The number of anilines is 1. The smallest absolute Gasteiger partial charge is 0.337 e. The molecule has 2 aromatic rings. The van der Waals surface area contributed by atoms with Crippen molar-refractivity contribution in [2.45, 2.75) is 13.5 Å². The molecule has 0 aliphatic rings. The van der Waals surface area contributed by atoms with Gasteiger partial charge in [-0.1, -0.05) is 0 Å². The summed E-state index contributed by atoms with van der Waals surface area (Å²) in [7, 11) is 0. The minimum atomic E-state index is -1.12. The van der Waals surface area contributed by atoms with E-state index in [0.717, 1.165) is 11.1 Å². The molecule has 0 bridgehead atoms. The fourth-order valence-electron chi connectivity index (χ4n) is 1.74. The molecule has 1 heterocycles. The van der Waals surface area contributed by atoms with Crippen LogP contribution in [0, 0.1) is 17.0 Å². The van der Waals surface area contributed by atoms with Crippen molar-refractivity contribution in [2.24, 2.45) is 0 Å². The van der Waals surface area contributed by atoms with Crippen molar-refractivity contribution >= 4 is 28.7 Å². The predicted molar refractivity (Wildman–Crippen MR) is 76.4 cm³/mol. The van der Waals surface area contributed by atoms with Crippen molar-refractivity contribution in [1.29, 1.82) is 0 Å². The average molecular weight is 292 g/mol. The number of nitrogens with one attached hydrogen (secondary N) is 1. The Bertz CT molecular complexity index is 666. The molecule has 1 aromatic heterocycles. The molecule has 0 fully saturated rings. The summed E-state index contributed by atoms with van der Waals surface area (Å²) < 4.78 is 0. The zero-order valence-corrected chi connectivity index (χ0v) is 11.4. The van der Waals surface area contributed by atoms with Crippen LogP contribution in [0.3, 0.4) is 0 Å². The van der Waals surface area contributed by atoms with Crippen molar-refractivity contribution in [1.82, 2.24) is 0 Å². The summed E-state index contributed by atoms with van der Waals surface area (Å²) in [6, 6.07) is 3.67. The van der Waals surface area contributed by atoms with E-state index in [-0.39, 0.29) is 16.9 Å². The van der Waals surface area contributed by atoms with Gasteiger partial charge in [-0.3, -0.25) is 10.1 Å². The molecule has 20 heavy (non-hydrogen) atoms. The summed E-state index contributed by atoms with van der Waals surface area (Å²) in [4.78, 5) is 21.3. The molecule has 0 amide bonds. The number of carboxylic acid groups (broad SMARTS) is 1. The van der Waals surface area contributed by atoms with Crippen molar-refractivity contribution in [3.8, 4) is 0 Å². The number of non-ortho nitro benzene ring substituents is 1. The zero-order valence-electron chi connectivity index (χ0n) is 10.6. The number of aromatic carboxylic acids is 1. The first-order chi connectivity index (χ1) is 9.49. The molecule has 0 atom stereocenters. The SMILES string of the molecule is Cc1cscc1CNc1cc([N+](=O)[O-])ccc1C(=O)O. The average Bonchev–Trinajstić information content (AvgIpc) is 2.81. The van der Waals surface area contributed by atoms with Crippen LogP contribution in [0.5, 0.6) is 0 Å². The highest BCUT2D eigenvalue weighted by Crippen LogP contribution is 2.24. The molecule has 0 spiro atoms. The molecule has 0 aliphatic heterocycles. The van der Waals surface area contributed by atoms with Gasteiger partial charge in [-0.05, 0) is 34.9 Å². The van der Waals surface area contributed by atoms with E-state index in [4.69, 9.17) is 5.11 Å². The van der Waals surface area contributed by atoms with Gasteiger partial charge in [0.15, 0.2) is 0 Å². The van der Waals surface area contributed by atoms with E-state index in [1.807, 2.05) is 17.7 Å². The second-order valence-corrected chi connectivity index (χ2v) is 4.97. The molecule has 7 heteroatoms. The van der Waals surface area contributed by atoms with Crippen LogP contribution in [0.25, 0.3) is 0 Å². The molecule has 2 rings (SSSR count). The van der Waals surface area contributed by atoms with Gasteiger partial charge >= 0.3 is 5.97 Å². The van der Waals surface area contributed by atoms with E-state index in [0.29, 0.717) is 6.54 Å². The second kappa shape index (κ2) is 5.70. The first kappa shape index (κ1) is 14.0. The second-order valence-electron chi connectivity index (χ2n) is 4.23. The number of carboxylic acids is 1. The molecule has 2 N–H and O–H groups in total. The van der Waals surface area contributed by atoms with Gasteiger partial charge in [0.1, 0.15) is 0 Å². The van der Waals surface area contributed by atoms with E-state index in [1.54, 1.807) is 11.3 Å². The van der Waals surface area contributed by atoms with Crippen molar-refractivity contribution in [2.75, 3.05) is 5.32 Å². The van der Waals surface area contributed by atoms with Crippen LogP contribution in [-0.4, -0.2) is 16.0 Å². The number of hydrogen-bond acceptors (Lipinski definition) is 5. The van der Waals surface area contributed by atoms with Gasteiger partial charge in [-0.15, -0.1) is 0 Å². The Morgan fingerprint density at radius 1 is 1.45 bits per heavy atom. The van der Waals surface area contributed by atoms with E-state index < -0.39 is 10.9 Å². The highest BCUT2D eigenvalue weighted by molar-refractivity contribution is 7.08. The van der Waals surface area contributed by atoms with Crippen LogP contribution in [0.1, 0.15) is 21.5 Å². The summed E-state index contributed by atoms with van der Waals surface area (Å²) >= 11 is 1.56. The lowest BCUT2D eigenvalue weighted by molar-refractivity contribution is -0.384. The Balaban J connectivity index is 2.28. The summed E-state index contributed by atoms with van der Waals surface area (Å²) in [6.45, 7) is 2.38. The van der Waals surface area contributed by atoms with Crippen LogP contribution < -0.4 is 5.32 Å². The highest BCUT2D eigenvalue weighted by Gasteiger charge is 2.15. The van der Waals surface area contributed by atoms with Crippen LogP contribution in [0.4, 0.5) is 11.4 Å². The first-order valence-corrected chi connectivity index (χ1v) is 6.70. The van der Waals surface area contributed by atoms with Gasteiger partial charge < -0.3 is 10.4 Å². The summed E-state index contributed by atoms with van der Waals surface area (Å²) in [5.74, 6) is -1.12. The lowest BCUT2D eigenvalue weighted by atomic mass is 10.1. The molecule has 0 saturated carbocycles. The molecular formula is C13H12N2O4S. The maximum Gasteiger partial charge on any atom is 0.337 e. The number of aryl methyl sites for hydroxylation is 1. The quantitative estimate of drug-likeness (QED) is 0.651. The number of hydrogen-bond donors (Lipinski definition) is 2. The molecule has 1 aromatic carbocycles. The number of carbonyl (C=O) groups is 1. The number of thiophene rings is 1. The molecule has 6 nitrogen and oxygen atoms in total. The first-order valence-electron chi connectivity index (χ1n) is 5.76. The third-order valence-electron chi connectivity index (χ3n) is 2.88. The number of rotatable bonds is 5. The topological polar surface area (TPSA) is 92.5 Å². The lowest BCUT2D eigenvalue weighted by Gasteiger charge is -2.09. The standard InChI is InChI=1S/C13H12N2O4S/c1-8-6-20-7-9(8)5-14-12-4-10(15(18)19)2-3-11(12)13(16)17/h2-4,6-7,14H,5H2,1H3,(H,16,17). The van der Waals surface area contributed by atoms with Gasteiger partial charge in [-0.25, -0.2) is 4.79 Å². The van der Waals surface area contributed by atoms with Crippen LogP contribution in [0.2, 0.25) is 0 Å². The minimum Gasteiger partial charge on any atom is -0.478 e.